The molecule has 1 atom stereocenters. The van der Waals surface area contributed by atoms with Crippen LogP contribution in [0.4, 0.5) is 0 Å². The summed E-state index contributed by atoms with van der Waals surface area (Å²) in [5, 5.41) is 0.949. The van der Waals surface area contributed by atoms with Crippen molar-refractivity contribution in [3.63, 3.8) is 0 Å². The summed E-state index contributed by atoms with van der Waals surface area (Å²) < 4.78 is 42.3. The molecule has 4 rings (SSSR count). The number of fused-ring (bicyclic) bond motifs is 1. The van der Waals surface area contributed by atoms with Crippen LogP contribution in [0.1, 0.15) is 42.2 Å². The molecule has 1 N–H and O–H groups in total. The van der Waals surface area contributed by atoms with E-state index < -0.39 is 10.1 Å². The fourth-order valence-corrected chi connectivity index (χ4v) is 4.83. The first-order chi connectivity index (χ1) is 15.2. The molecule has 5 nitrogen and oxygen atoms in total. The van der Waals surface area contributed by atoms with Gasteiger partial charge in [0, 0.05) is 17.6 Å². The number of nitrogens with zero attached hydrogens (tertiary/aromatic N) is 1. The second kappa shape index (κ2) is 8.45. The van der Waals surface area contributed by atoms with Gasteiger partial charge in [-0.05, 0) is 68.1 Å². The maximum Gasteiger partial charge on any atom is 0.296 e. The van der Waals surface area contributed by atoms with Crippen molar-refractivity contribution in [1.29, 1.82) is 0 Å². The zero-order valence-electron chi connectivity index (χ0n) is 18.7. The Morgan fingerprint density at radius 1 is 1.00 bits per heavy atom. The molecule has 0 radical (unpaired) electrons. The molecule has 4 aromatic rings. The zero-order chi connectivity index (χ0) is 23.0. The van der Waals surface area contributed by atoms with Crippen molar-refractivity contribution in [2.45, 2.75) is 45.1 Å². The van der Waals surface area contributed by atoms with E-state index in [2.05, 4.69) is 24.3 Å². The highest BCUT2D eigenvalue weighted by atomic mass is 32.2. The molecular weight excluding hydrogens is 422 g/mol. The van der Waals surface area contributed by atoms with E-state index in [0.29, 0.717) is 17.9 Å². The van der Waals surface area contributed by atoms with Crippen LogP contribution < -0.4 is 4.74 Å². The van der Waals surface area contributed by atoms with Gasteiger partial charge in [-0.25, -0.2) is 0 Å². The SMILES string of the molecule is CCc1c(C)ccc(S(=O)(=O)O)c1-n1ccc2ccc(OC(C)c3ccc(C)cc3)cc21. The molecular formula is C26H27NO4S. The van der Waals surface area contributed by atoms with Gasteiger partial charge in [0.15, 0.2) is 0 Å². The Balaban J connectivity index is 1.83. The summed E-state index contributed by atoms with van der Waals surface area (Å²) in [7, 11) is -4.40. The van der Waals surface area contributed by atoms with Gasteiger partial charge in [0.25, 0.3) is 10.1 Å². The van der Waals surface area contributed by atoms with E-state index in [4.69, 9.17) is 4.74 Å². The van der Waals surface area contributed by atoms with Crippen LogP contribution >= 0.6 is 0 Å². The van der Waals surface area contributed by atoms with Gasteiger partial charge < -0.3 is 9.30 Å². The smallest absolute Gasteiger partial charge is 0.296 e. The Labute approximate surface area is 189 Å². The summed E-state index contributed by atoms with van der Waals surface area (Å²) in [6.45, 7) is 7.97. The van der Waals surface area contributed by atoms with Crippen molar-refractivity contribution in [2.75, 3.05) is 0 Å². The van der Waals surface area contributed by atoms with Crippen molar-refractivity contribution in [2.24, 2.45) is 0 Å². The number of hydrogen-bond donors (Lipinski definition) is 1. The van der Waals surface area contributed by atoms with Gasteiger partial charge in [0.2, 0.25) is 0 Å². The van der Waals surface area contributed by atoms with E-state index >= 15 is 0 Å². The molecule has 0 aliphatic heterocycles. The van der Waals surface area contributed by atoms with E-state index in [1.807, 2.05) is 62.7 Å². The van der Waals surface area contributed by atoms with Crippen molar-refractivity contribution >= 4 is 21.0 Å². The molecule has 1 unspecified atom stereocenters. The predicted molar refractivity (Wildman–Crippen MR) is 127 cm³/mol. The number of benzene rings is 3. The van der Waals surface area contributed by atoms with Crippen LogP contribution in [0.15, 0.2) is 71.8 Å². The summed E-state index contributed by atoms with van der Waals surface area (Å²) in [5.74, 6) is 0.685. The first-order valence-electron chi connectivity index (χ1n) is 10.6. The van der Waals surface area contributed by atoms with Crippen molar-refractivity contribution in [3.8, 4) is 11.4 Å². The fourth-order valence-electron chi connectivity index (χ4n) is 4.12. The highest BCUT2D eigenvalue weighted by Gasteiger charge is 2.22. The molecule has 166 valence electrons. The number of aryl methyl sites for hydroxylation is 2. The maximum atomic E-state index is 12.2. The average molecular weight is 450 g/mol. The highest BCUT2D eigenvalue weighted by Crippen LogP contribution is 2.33. The van der Waals surface area contributed by atoms with Gasteiger partial charge in [-0.3, -0.25) is 4.55 Å². The Morgan fingerprint density at radius 3 is 2.38 bits per heavy atom. The average Bonchev–Trinajstić information content (AvgIpc) is 3.16. The summed E-state index contributed by atoms with van der Waals surface area (Å²) >= 11 is 0. The van der Waals surface area contributed by atoms with Gasteiger partial charge in [0.1, 0.15) is 16.7 Å². The summed E-state index contributed by atoms with van der Waals surface area (Å²) in [6.07, 6.45) is 2.32. The Bertz CT molecular complexity index is 1390. The minimum absolute atomic E-state index is 0.100. The molecule has 1 heterocycles. The first kappa shape index (κ1) is 22.1. The normalized spacial score (nSPS) is 12.8. The van der Waals surface area contributed by atoms with Gasteiger partial charge in [0.05, 0.1) is 11.2 Å². The van der Waals surface area contributed by atoms with Crippen LogP contribution in [0.2, 0.25) is 0 Å². The lowest BCUT2D eigenvalue weighted by Crippen LogP contribution is -2.09. The summed E-state index contributed by atoms with van der Waals surface area (Å²) in [6, 6.07) is 19.1. The standard InChI is InChI=1S/C26H27NO4S/c1-5-23-18(3)8-13-25(32(28,29)30)26(23)27-15-14-21-11-12-22(16-24(21)27)31-19(4)20-9-6-17(2)7-10-20/h6-16,19H,5H2,1-4H3,(H,28,29,30). The fraction of sp³-hybridized carbons (Fsp3) is 0.231. The molecule has 0 aliphatic carbocycles. The van der Waals surface area contributed by atoms with Crippen LogP contribution in [-0.2, 0) is 16.5 Å². The van der Waals surface area contributed by atoms with E-state index in [9.17, 15) is 13.0 Å². The monoisotopic (exact) mass is 449 g/mol. The number of rotatable bonds is 6. The topological polar surface area (TPSA) is 68.5 Å². The molecule has 0 aliphatic rings. The van der Waals surface area contributed by atoms with E-state index in [1.54, 1.807) is 6.07 Å². The van der Waals surface area contributed by atoms with Crippen molar-refractivity contribution in [3.05, 3.63) is 89.1 Å². The number of aromatic nitrogens is 1. The van der Waals surface area contributed by atoms with Crippen LogP contribution in [0.25, 0.3) is 16.6 Å². The molecule has 0 saturated carbocycles. The minimum atomic E-state index is -4.40. The Morgan fingerprint density at radius 2 is 1.72 bits per heavy atom. The van der Waals surface area contributed by atoms with Crippen LogP contribution in [0.5, 0.6) is 5.75 Å². The third kappa shape index (κ3) is 4.16. The molecule has 3 aromatic carbocycles. The van der Waals surface area contributed by atoms with Crippen LogP contribution in [0.3, 0.4) is 0 Å². The maximum absolute atomic E-state index is 12.2. The Kier molecular flexibility index (Phi) is 5.84. The lowest BCUT2D eigenvalue weighted by atomic mass is 10.0. The third-order valence-electron chi connectivity index (χ3n) is 5.88. The molecule has 32 heavy (non-hydrogen) atoms. The quantitative estimate of drug-likeness (QED) is 0.356. The molecule has 0 amide bonds. The minimum Gasteiger partial charge on any atom is -0.486 e. The molecule has 0 bridgehead atoms. The molecule has 6 heteroatoms. The number of ether oxygens (including phenoxy) is 1. The van der Waals surface area contributed by atoms with Crippen LogP contribution in [-0.4, -0.2) is 17.5 Å². The molecule has 0 spiro atoms. The van der Waals surface area contributed by atoms with E-state index in [0.717, 1.165) is 27.6 Å². The van der Waals surface area contributed by atoms with Gasteiger partial charge in [-0.1, -0.05) is 42.8 Å². The van der Waals surface area contributed by atoms with E-state index in [-0.39, 0.29) is 11.0 Å². The highest BCUT2D eigenvalue weighted by molar-refractivity contribution is 7.86. The Hall–Kier alpha value is -3.09. The largest absolute Gasteiger partial charge is 0.486 e. The summed E-state index contributed by atoms with van der Waals surface area (Å²) in [5.41, 5.74) is 5.40. The molecule has 1 aromatic heterocycles. The van der Waals surface area contributed by atoms with E-state index in [1.165, 1.54) is 11.6 Å². The predicted octanol–water partition coefficient (Wildman–Crippen LogP) is 6.20. The van der Waals surface area contributed by atoms with Crippen LogP contribution in [0, 0.1) is 13.8 Å². The zero-order valence-corrected chi connectivity index (χ0v) is 19.5. The van der Waals surface area contributed by atoms with Gasteiger partial charge >= 0.3 is 0 Å². The summed E-state index contributed by atoms with van der Waals surface area (Å²) in [4.78, 5) is -0.100. The molecule has 0 fully saturated rings. The van der Waals surface area contributed by atoms with Crippen molar-refractivity contribution in [1.82, 2.24) is 4.57 Å². The second-order valence-corrected chi connectivity index (χ2v) is 9.50. The number of hydrogen-bond acceptors (Lipinski definition) is 3. The van der Waals surface area contributed by atoms with Gasteiger partial charge in [-0.15, -0.1) is 0 Å². The first-order valence-corrected chi connectivity index (χ1v) is 12.1. The molecule has 0 saturated heterocycles. The second-order valence-electron chi connectivity index (χ2n) is 8.11. The third-order valence-corrected chi connectivity index (χ3v) is 6.76. The lowest BCUT2D eigenvalue weighted by molar-refractivity contribution is 0.227. The lowest BCUT2D eigenvalue weighted by Gasteiger charge is -2.18. The van der Waals surface area contributed by atoms with Crippen molar-refractivity contribution < 1.29 is 17.7 Å². The van der Waals surface area contributed by atoms with Gasteiger partial charge in [-0.2, -0.15) is 8.42 Å².